The Hall–Kier alpha value is -1.93. The molecular formula is C16H22N4O3S. The van der Waals surface area contributed by atoms with Crippen molar-refractivity contribution in [1.82, 2.24) is 20.4 Å². The fraction of sp³-hybridized carbons (Fsp3) is 0.562. The van der Waals surface area contributed by atoms with Crippen molar-refractivity contribution in [2.24, 2.45) is 0 Å². The fourth-order valence-corrected chi connectivity index (χ4v) is 3.67. The van der Waals surface area contributed by atoms with Gasteiger partial charge in [-0.3, -0.25) is 19.3 Å². The van der Waals surface area contributed by atoms with E-state index in [9.17, 15) is 14.4 Å². The van der Waals surface area contributed by atoms with Crippen LogP contribution in [-0.2, 0) is 9.59 Å². The van der Waals surface area contributed by atoms with Crippen LogP contribution >= 0.6 is 11.3 Å². The Bertz CT molecular complexity index is 596. The number of hydrogen-bond donors (Lipinski definition) is 2. The Morgan fingerprint density at radius 3 is 2.71 bits per heavy atom. The number of nitrogens with one attached hydrogen (secondary N) is 2. The summed E-state index contributed by atoms with van der Waals surface area (Å²) in [5, 5.41) is 7.54. The van der Waals surface area contributed by atoms with Gasteiger partial charge in [-0.2, -0.15) is 0 Å². The molecule has 2 aliphatic rings. The van der Waals surface area contributed by atoms with E-state index in [-0.39, 0.29) is 23.8 Å². The molecule has 1 aromatic rings. The van der Waals surface area contributed by atoms with Crippen molar-refractivity contribution in [3.05, 3.63) is 22.4 Å². The summed E-state index contributed by atoms with van der Waals surface area (Å²) >= 11 is 1.43. The van der Waals surface area contributed by atoms with Gasteiger partial charge in [-0.25, -0.2) is 0 Å². The van der Waals surface area contributed by atoms with E-state index >= 15 is 0 Å². The molecule has 24 heavy (non-hydrogen) atoms. The zero-order valence-electron chi connectivity index (χ0n) is 13.5. The zero-order chi connectivity index (χ0) is 16.9. The first kappa shape index (κ1) is 16.9. The second-order valence-corrected chi connectivity index (χ2v) is 7.01. The van der Waals surface area contributed by atoms with E-state index in [4.69, 9.17) is 0 Å². The van der Waals surface area contributed by atoms with Crippen LogP contribution in [0.4, 0.5) is 0 Å². The SMILES string of the molecule is O=C1CCC(C(=O)N2CCN(CCNC(=O)c3cccs3)CC2)N1. The summed E-state index contributed by atoms with van der Waals surface area (Å²) in [6.45, 7) is 4.30. The largest absolute Gasteiger partial charge is 0.350 e. The van der Waals surface area contributed by atoms with Crippen LogP contribution in [0.3, 0.4) is 0 Å². The molecule has 0 aromatic carbocycles. The minimum Gasteiger partial charge on any atom is -0.350 e. The monoisotopic (exact) mass is 350 g/mol. The highest BCUT2D eigenvalue weighted by Crippen LogP contribution is 2.12. The number of nitrogens with zero attached hydrogens (tertiary/aromatic N) is 2. The molecule has 7 nitrogen and oxygen atoms in total. The minimum absolute atomic E-state index is 0.0317. The van der Waals surface area contributed by atoms with Crippen molar-refractivity contribution in [2.75, 3.05) is 39.3 Å². The molecule has 2 fully saturated rings. The van der Waals surface area contributed by atoms with E-state index in [1.165, 1.54) is 11.3 Å². The van der Waals surface area contributed by atoms with Crippen LogP contribution < -0.4 is 10.6 Å². The molecule has 0 aliphatic carbocycles. The summed E-state index contributed by atoms with van der Waals surface area (Å²) in [5.74, 6) is -0.0317. The molecule has 8 heteroatoms. The average Bonchev–Trinajstić information content (AvgIpc) is 3.26. The number of piperazine rings is 1. The van der Waals surface area contributed by atoms with Crippen LogP contribution in [0.15, 0.2) is 17.5 Å². The van der Waals surface area contributed by atoms with Crippen molar-refractivity contribution < 1.29 is 14.4 Å². The lowest BCUT2D eigenvalue weighted by atomic mass is 10.2. The maximum absolute atomic E-state index is 12.3. The lowest BCUT2D eigenvalue weighted by Crippen LogP contribution is -2.54. The number of hydrogen-bond acceptors (Lipinski definition) is 5. The van der Waals surface area contributed by atoms with Gasteiger partial charge >= 0.3 is 0 Å². The van der Waals surface area contributed by atoms with E-state index in [1.54, 1.807) is 0 Å². The first-order valence-electron chi connectivity index (χ1n) is 8.25. The molecule has 130 valence electrons. The van der Waals surface area contributed by atoms with E-state index in [0.29, 0.717) is 32.5 Å². The highest BCUT2D eigenvalue weighted by Gasteiger charge is 2.32. The second-order valence-electron chi connectivity index (χ2n) is 6.06. The predicted octanol–water partition coefficient (Wildman–Crippen LogP) is -0.0993. The van der Waals surface area contributed by atoms with Crippen LogP contribution in [0.2, 0.25) is 0 Å². The van der Waals surface area contributed by atoms with Crippen molar-refractivity contribution in [3.63, 3.8) is 0 Å². The third kappa shape index (κ3) is 4.12. The highest BCUT2D eigenvalue weighted by molar-refractivity contribution is 7.12. The van der Waals surface area contributed by atoms with E-state index in [0.717, 1.165) is 24.5 Å². The van der Waals surface area contributed by atoms with Crippen LogP contribution in [0.25, 0.3) is 0 Å². The first-order chi connectivity index (χ1) is 11.6. The standard InChI is InChI=1S/C16H22N4O3S/c21-14-4-3-12(18-14)16(23)20-9-7-19(8-10-20)6-5-17-15(22)13-2-1-11-24-13/h1-2,11-12H,3-10H2,(H,17,22)(H,18,21). The summed E-state index contributed by atoms with van der Waals surface area (Å²) in [5.41, 5.74) is 0. The predicted molar refractivity (Wildman–Crippen MR) is 90.8 cm³/mol. The molecule has 0 bridgehead atoms. The highest BCUT2D eigenvalue weighted by atomic mass is 32.1. The molecule has 2 saturated heterocycles. The molecule has 0 spiro atoms. The third-order valence-corrected chi connectivity index (χ3v) is 5.30. The molecule has 1 atom stereocenters. The molecule has 1 unspecified atom stereocenters. The summed E-state index contributed by atoms with van der Waals surface area (Å²) in [6, 6.07) is 3.34. The maximum atomic E-state index is 12.3. The second kappa shape index (κ2) is 7.76. The smallest absolute Gasteiger partial charge is 0.261 e. The molecule has 2 aliphatic heterocycles. The van der Waals surface area contributed by atoms with Crippen LogP contribution in [-0.4, -0.2) is 72.8 Å². The van der Waals surface area contributed by atoms with E-state index in [1.807, 2.05) is 22.4 Å². The van der Waals surface area contributed by atoms with Gasteiger partial charge in [-0.15, -0.1) is 11.3 Å². The minimum atomic E-state index is -0.339. The van der Waals surface area contributed by atoms with Crippen molar-refractivity contribution in [3.8, 4) is 0 Å². The topological polar surface area (TPSA) is 81.8 Å². The van der Waals surface area contributed by atoms with Gasteiger partial charge in [0.2, 0.25) is 11.8 Å². The average molecular weight is 350 g/mol. The number of thiophene rings is 1. The van der Waals surface area contributed by atoms with Crippen LogP contribution in [0.1, 0.15) is 22.5 Å². The Morgan fingerprint density at radius 2 is 2.08 bits per heavy atom. The Labute approximate surface area is 145 Å². The number of amides is 3. The first-order valence-corrected chi connectivity index (χ1v) is 9.13. The molecule has 1 aromatic heterocycles. The van der Waals surface area contributed by atoms with Crippen LogP contribution in [0.5, 0.6) is 0 Å². The summed E-state index contributed by atoms with van der Waals surface area (Å²) in [6.07, 6.45) is 1.05. The molecular weight excluding hydrogens is 328 g/mol. The fourth-order valence-electron chi connectivity index (χ4n) is 3.03. The van der Waals surface area contributed by atoms with E-state index in [2.05, 4.69) is 15.5 Å². The van der Waals surface area contributed by atoms with Gasteiger partial charge in [0, 0.05) is 45.7 Å². The van der Waals surface area contributed by atoms with Gasteiger partial charge < -0.3 is 15.5 Å². The Morgan fingerprint density at radius 1 is 1.29 bits per heavy atom. The lowest BCUT2D eigenvalue weighted by Gasteiger charge is -2.35. The van der Waals surface area contributed by atoms with Gasteiger partial charge in [0.15, 0.2) is 0 Å². The summed E-state index contributed by atoms with van der Waals surface area (Å²) in [7, 11) is 0. The van der Waals surface area contributed by atoms with Crippen molar-refractivity contribution in [2.45, 2.75) is 18.9 Å². The van der Waals surface area contributed by atoms with Gasteiger partial charge in [-0.05, 0) is 17.9 Å². The number of rotatable bonds is 5. The molecule has 3 rings (SSSR count). The molecule has 3 amide bonds. The number of carbonyl (C=O) groups excluding carboxylic acids is 3. The Balaban J connectivity index is 1.35. The summed E-state index contributed by atoms with van der Waals surface area (Å²) in [4.78, 5) is 40.2. The normalized spacial score (nSPS) is 21.6. The molecule has 2 N–H and O–H groups in total. The van der Waals surface area contributed by atoms with Crippen molar-refractivity contribution >= 4 is 29.1 Å². The van der Waals surface area contributed by atoms with Gasteiger partial charge in [0.25, 0.3) is 5.91 Å². The lowest BCUT2D eigenvalue weighted by molar-refractivity contribution is -0.136. The molecule has 3 heterocycles. The van der Waals surface area contributed by atoms with Crippen LogP contribution in [0, 0.1) is 0 Å². The van der Waals surface area contributed by atoms with Gasteiger partial charge in [0.05, 0.1) is 4.88 Å². The maximum Gasteiger partial charge on any atom is 0.261 e. The number of carbonyl (C=O) groups is 3. The van der Waals surface area contributed by atoms with E-state index < -0.39 is 0 Å². The summed E-state index contributed by atoms with van der Waals surface area (Å²) < 4.78 is 0. The van der Waals surface area contributed by atoms with Crippen molar-refractivity contribution in [1.29, 1.82) is 0 Å². The van der Waals surface area contributed by atoms with Gasteiger partial charge in [-0.1, -0.05) is 6.07 Å². The quantitative estimate of drug-likeness (QED) is 0.777. The molecule has 0 radical (unpaired) electrons. The van der Waals surface area contributed by atoms with Gasteiger partial charge in [0.1, 0.15) is 6.04 Å². The molecule has 0 saturated carbocycles. The zero-order valence-corrected chi connectivity index (χ0v) is 14.3. The third-order valence-electron chi connectivity index (χ3n) is 4.44. The Kier molecular flexibility index (Phi) is 5.47.